The van der Waals surface area contributed by atoms with Gasteiger partial charge in [0.1, 0.15) is 11.0 Å². The highest BCUT2D eigenvalue weighted by Crippen LogP contribution is 2.22. The van der Waals surface area contributed by atoms with E-state index in [0.717, 1.165) is 5.69 Å². The summed E-state index contributed by atoms with van der Waals surface area (Å²) in [5.41, 5.74) is 2.54. The summed E-state index contributed by atoms with van der Waals surface area (Å²) in [4.78, 5) is 23.0. The van der Waals surface area contributed by atoms with E-state index in [1.54, 1.807) is 22.8 Å². The van der Waals surface area contributed by atoms with Crippen molar-refractivity contribution in [3.8, 4) is 0 Å². The summed E-state index contributed by atoms with van der Waals surface area (Å²) in [6.45, 7) is 1.68. The number of nitrogens with zero attached hydrogens (tertiary/aromatic N) is 3. The fraction of sp³-hybridized carbons (Fsp3) is 0.308. The largest absolute Gasteiger partial charge is 0.368 e. The number of pyridine rings is 1. The summed E-state index contributed by atoms with van der Waals surface area (Å²) in [7, 11) is 0. The first-order valence-corrected chi connectivity index (χ1v) is 6.93. The van der Waals surface area contributed by atoms with E-state index in [2.05, 4.69) is 9.97 Å². The number of hydrogen-bond acceptors (Lipinski definition) is 5. The second-order valence-electron chi connectivity index (χ2n) is 4.23. The molecule has 1 atom stereocenters. The standard InChI is InChI=1S/C13H13N3O2S/c17-13(12-7-14-9-19-12)16-5-6-18-11(8-16)10-3-1-2-4-15-10/h1-4,7,9,11H,5-6,8H2. The maximum Gasteiger partial charge on any atom is 0.265 e. The maximum atomic E-state index is 12.3. The van der Waals surface area contributed by atoms with Crippen molar-refractivity contribution in [2.24, 2.45) is 0 Å². The number of aromatic nitrogens is 2. The normalized spacial score (nSPS) is 19.4. The smallest absolute Gasteiger partial charge is 0.265 e. The summed E-state index contributed by atoms with van der Waals surface area (Å²) in [5.74, 6) is 0.0201. The number of carbonyl (C=O) groups is 1. The van der Waals surface area contributed by atoms with E-state index >= 15 is 0 Å². The number of carbonyl (C=O) groups excluding carboxylic acids is 1. The summed E-state index contributed by atoms with van der Waals surface area (Å²) in [5, 5.41) is 0. The van der Waals surface area contributed by atoms with E-state index in [4.69, 9.17) is 4.74 Å². The summed E-state index contributed by atoms with van der Waals surface area (Å²) in [6, 6.07) is 5.72. The molecule has 98 valence electrons. The van der Waals surface area contributed by atoms with Gasteiger partial charge in [-0.25, -0.2) is 0 Å². The Morgan fingerprint density at radius 3 is 3.16 bits per heavy atom. The van der Waals surface area contributed by atoms with Gasteiger partial charge in [0.2, 0.25) is 0 Å². The lowest BCUT2D eigenvalue weighted by Crippen LogP contribution is -2.42. The first-order valence-electron chi connectivity index (χ1n) is 6.05. The number of ether oxygens (including phenoxy) is 1. The number of hydrogen-bond donors (Lipinski definition) is 0. The summed E-state index contributed by atoms with van der Waals surface area (Å²) >= 11 is 1.36. The van der Waals surface area contributed by atoms with Gasteiger partial charge in [-0.2, -0.15) is 0 Å². The van der Waals surface area contributed by atoms with Crippen LogP contribution < -0.4 is 0 Å². The fourth-order valence-corrected chi connectivity index (χ4v) is 2.64. The average molecular weight is 275 g/mol. The van der Waals surface area contributed by atoms with Crippen molar-refractivity contribution >= 4 is 17.2 Å². The molecule has 2 aromatic rings. The molecule has 0 radical (unpaired) electrons. The van der Waals surface area contributed by atoms with Gasteiger partial charge in [0, 0.05) is 12.7 Å². The van der Waals surface area contributed by atoms with Gasteiger partial charge in [-0.05, 0) is 12.1 Å². The van der Waals surface area contributed by atoms with E-state index in [1.165, 1.54) is 11.3 Å². The number of morpholine rings is 1. The molecule has 3 heterocycles. The molecule has 1 fully saturated rings. The minimum Gasteiger partial charge on any atom is -0.368 e. The minimum absolute atomic E-state index is 0.0201. The molecule has 0 aromatic carbocycles. The molecule has 5 nitrogen and oxygen atoms in total. The van der Waals surface area contributed by atoms with Crippen LogP contribution in [0.4, 0.5) is 0 Å². The van der Waals surface area contributed by atoms with Gasteiger partial charge in [0.15, 0.2) is 0 Å². The lowest BCUT2D eigenvalue weighted by molar-refractivity contribution is -0.0245. The quantitative estimate of drug-likeness (QED) is 0.838. The van der Waals surface area contributed by atoms with Gasteiger partial charge < -0.3 is 9.64 Å². The van der Waals surface area contributed by atoms with Gasteiger partial charge in [-0.3, -0.25) is 14.8 Å². The maximum absolute atomic E-state index is 12.3. The van der Waals surface area contributed by atoms with Gasteiger partial charge >= 0.3 is 0 Å². The number of amides is 1. The van der Waals surface area contributed by atoms with Gasteiger partial charge in [0.05, 0.1) is 30.6 Å². The average Bonchev–Trinajstić information content (AvgIpc) is 3.02. The van der Waals surface area contributed by atoms with Crippen LogP contribution in [0.1, 0.15) is 21.5 Å². The highest BCUT2D eigenvalue weighted by Gasteiger charge is 2.27. The van der Waals surface area contributed by atoms with Crippen LogP contribution in [0.5, 0.6) is 0 Å². The van der Waals surface area contributed by atoms with Crippen molar-refractivity contribution in [2.75, 3.05) is 19.7 Å². The molecule has 1 amide bonds. The molecule has 0 bridgehead atoms. The highest BCUT2D eigenvalue weighted by atomic mass is 32.1. The Kier molecular flexibility index (Phi) is 3.52. The Bertz CT molecular complexity index is 544. The minimum atomic E-state index is -0.146. The zero-order valence-electron chi connectivity index (χ0n) is 10.2. The Labute approximate surface area is 114 Å². The monoisotopic (exact) mass is 275 g/mol. The predicted octanol–water partition coefficient (Wildman–Crippen LogP) is 1.75. The molecule has 1 aliphatic heterocycles. The molecule has 3 rings (SSSR count). The SMILES string of the molecule is O=C(c1cncs1)N1CCOC(c2ccccn2)C1. The van der Waals surface area contributed by atoms with Crippen LogP contribution in [-0.4, -0.2) is 40.5 Å². The Hall–Kier alpha value is -1.79. The Balaban J connectivity index is 1.73. The van der Waals surface area contributed by atoms with Gasteiger partial charge in [-0.15, -0.1) is 11.3 Å². The van der Waals surface area contributed by atoms with Crippen molar-refractivity contribution in [2.45, 2.75) is 6.10 Å². The van der Waals surface area contributed by atoms with Crippen molar-refractivity contribution in [3.05, 3.63) is 46.7 Å². The first-order chi connectivity index (χ1) is 9.34. The molecule has 1 aliphatic rings. The highest BCUT2D eigenvalue weighted by molar-refractivity contribution is 7.11. The number of rotatable bonds is 2. The second kappa shape index (κ2) is 5.46. The van der Waals surface area contributed by atoms with Crippen LogP contribution in [0, 0.1) is 0 Å². The zero-order valence-corrected chi connectivity index (χ0v) is 11.0. The molecule has 0 saturated carbocycles. The molecule has 1 saturated heterocycles. The molecular formula is C13H13N3O2S. The Morgan fingerprint density at radius 1 is 1.47 bits per heavy atom. The van der Waals surface area contributed by atoms with E-state index < -0.39 is 0 Å². The van der Waals surface area contributed by atoms with Crippen LogP contribution in [0.15, 0.2) is 36.1 Å². The molecule has 0 aliphatic carbocycles. The third-order valence-corrected chi connectivity index (χ3v) is 3.78. The van der Waals surface area contributed by atoms with Gasteiger partial charge in [0.25, 0.3) is 5.91 Å². The van der Waals surface area contributed by atoms with E-state index in [9.17, 15) is 4.79 Å². The summed E-state index contributed by atoms with van der Waals surface area (Å²) < 4.78 is 5.69. The molecule has 19 heavy (non-hydrogen) atoms. The molecular weight excluding hydrogens is 262 g/mol. The molecule has 0 N–H and O–H groups in total. The zero-order chi connectivity index (χ0) is 13.1. The van der Waals surface area contributed by atoms with Crippen molar-refractivity contribution in [1.29, 1.82) is 0 Å². The van der Waals surface area contributed by atoms with E-state index in [-0.39, 0.29) is 12.0 Å². The van der Waals surface area contributed by atoms with Gasteiger partial charge in [-0.1, -0.05) is 6.07 Å². The lowest BCUT2D eigenvalue weighted by atomic mass is 10.2. The van der Waals surface area contributed by atoms with E-state index in [0.29, 0.717) is 24.6 Å². The topological polar surface area (TPSA) is 55.3 Å². The first kappa shape index (κ1) is 12.3. The van der Waals surface area contributed by atoms with Crippen molar-refractivity contribution in [3.63, 3.8) is 0 Å². The lowest BCUT2D eigenvalue weighted by Gasteiger charge is -2.32. The van der Waals surface area contributed by atoms with Crippen LogP contribution in [0.25, 0.3) is 0 Å². The fourth-order valence-electron chi connectivity index (χ4n) is 2.06. The summed E-state index contributed by atoms with van der Waals surface area (Å²) in [6.07, 6.45) is 3.20. The second-order valence-corrected chi connectivity index (χ2v) is 5.12. The van der Waals surface area contributed by atoms with Crippen LogP contribution >= 0.6 is 11.3 Å². The van der Waals surface area contributed by atoms with E-state index in [1.807, 2.05) is 18.2 Å². The van der Waals surface area contributed by atoms with Crippen LogP contribution in [0.2, 0.25) is 0 Å². The third-order valence-electron chi connectivity index (χ3n) is 3.01. The predicted molar refractivity (Wildman–Crippen MR) is 70.9 cm³/mol. The van der Waals surface area contributed by atoms with Crippen LogP contribution in [0.3, 0.4) is 0 Å². The number of thiazole rings is 1. The van der Waals surface area contributed by atoms with Crippen molar-refractivity contribution < 1.29 is 9.53 Å². The Morgan fingerprint density at radius 2 is 2.42 bits per heavy atom. The van der Waals surface area contributed by atoms with Crippen LogP contribution in [-0.2, 0) is 4.74 Å². The molecule has 6 heteroatoms. The third kappa shape index (κ3) is 2.64. The van der Waals surface area contributed by atoms with Crippen molar-refractivity contribution in [1.82, 2.24) is 14.9 Å². The molecule has 1 unspecified atom stereocenters. The molecule has 0 spiro atoms. The molecule has 2 aromatic heterocycles.